The van der Waals surface area contributed by atoms with Gasteiger partial charge in [0.15, 0.2) is 0 Å². The van der Waals surface area contributed by atoms with Crippen LogP contribution in [-0.2, 0) is 21.2 Å². The van der Waals surface area contributed by atoms with Gasteiger partial charge >= 0.3 is 0 Å². The highest BCUT2D eigenvalue weighted by Gasteiger charge is 2.24. The van der Waals surface area contributed by atoms with E-state index in [1.807, 2.05) is 60.7 Å². The number of hydrogen-bond donors (Lipinski definition) is 1. The molecular formula is C29H23FN2O3S. The van der Waals surface area contributed by atoms with Crippen LogP contribution in [0.2, 0.25) is 0 Å². The molecule has 1 heterocycles. The van der Waals surface area contributed by atoms with E-state index >= 15 is 0 Å². The lowest BCUT2D eigenvalue weighted by atomic mass is 9.99. The van der Waals surface area contributed by atoms with Gasteiger partial charge in [0.25, 0.3) is 0 Å². The first-order valence-corrected chi connectivity index (χ1v) is 12.9. The number of aromatic nitrogens is 1. The van der Waals surface area contributed by atoms with Gasteiger partial charge in [0.2, 0.25) is 15.7 Å². The van der Waals surface area contributed by atoms with E-state index in [1.54, 1.807) is 28.8 Å². The minimum atomic E-state index is -3.93. The average molecular weight is 499 g/mol. The molecule has 1 N–H and O–H groups in total. The SMILES string of the molecule is O=C(Cn1cc(S(=O)(=O)c2ccc(F)cc2)c2ccccc21)NC(c1ccccc1)c1ccccc1. The minimum Gasteiger partial charge on any atom is -0.344 e. The van der Waals surface area contributed by atoms with Crippen LogP contribution in [0, 0.1) is 5.82 Å². The second-order valence-electron chi connectivity index (χ2n) is 8.42. The lowest BCUT2D eigenvalue weighted by Gasteiger charge is -2.20. The molecule has 1 amide bonds. The maximum absolute atomic E-state index is 13.4. The summed E-state index contributed by atoms with van der Waals surface area (Å²) in [5.41, 5.74) is 2.49. The zero-order valence-corrected chi connectivity index (χ0v) is 20.0. The van der Waals surface area contributed by atoms with Crippen LogP contribution in [-0.4, -0.2) is 18.9 Å². The Morgan fingerprint density at radius 1 is 0.778 bits per heavy atom. The molecule has 0 bridgehead atoms. The largest absolute Gasteiger partial charge is 0.344 e. The molecule has 0 saturated carbocycles. The molecule has 0 aliphatic carbocycles. The number of rotatable bonds is 7. The third-order valence-electron chi connectivity index (χ3n) is 6.05. The average Bonchev–Trinajstić information content (AvgIpc) is 3.28. The fraction of sp³-hybridized carbons (Fsp3) is 0.0690. The first-order chi connectivity index (χ1) is 17.4. The maximum Gasteiger partial charge on any atom is 0.240 e. The molecule has 4 aromatic carbocycles. The van der Waals surface area contributed by atoms with Gasteiger partial charge in [-0.1, -0.05) is 78.9 Å². The summed E-state index contributed by atoms with van der Waals surface area (Å²) < 4.78 is 41.8. The fourth-order valence-corrected chi connectivity index (χ4v) is 5.79. The molecule has 5 rings (SSSR count). The summed E-state index contributed by atoms with van der Waals surface area (Å²) in [6.45, 7) is -0.0738. The molecule has 7 heteroatoms. The predicted octanol–water partition coefficient (Wildman–Crippen LogP) is 5.52. The molecule has 0 aliphatic heterocycles. The van der Waals surface area contributed by atoms with E-state index in [1.165, 1.54) is 18.3 Å². The molecule has 180 valence electrons. The van der Waals surface area contributed by atoms with Gasteiger partial charge in [-0.2, -0.15) is 0 Å². The van der Waals surface area contributed by atoms with Crippen LogP contribution in [0.4, 0.5) is 4.39 Å². The lowest BCUT2D eigenvalue weighted by molar-refractivity contribution is -0.122. The molecular weight excluding hydrogens is 475 g/mol. The molecule has 0 saturated heterocycles. The molecule has 0 spiro atoms. The number of benzene rings is 4. The van der Waals surface area contributed by atoms with Crippen molar-refractivity contribution in [1.82, 2.24) is 9.88 Å². The topological polar surface area (TPSA) is 68.2 Å². The highest BCUT2D eigenvalue weighted by Crippen LogP contribution is 2.30. The Bertz CT molecular complexity index is 1570. The van der Waals surface area contributed by atoms with E-state index in [0.717, 1.165) is 23.3 Å². The van der Waals surface area contributed by atoms with Crippen molar-refractivity contribution in [2.75, 3.05) is 0 Å². The van der Waals surface area contributed by atoms with Crippen molar-refractivity contribution < 1.29 is 17.6 Å². The standard InChI is InChI=1S/C29H23FN2O3S/c30-23-15-17-24(18-16-23)36(34,35)27-19-32(26-14-8-7-13-25(26)27)20-28(33)31-29(21-9-3-1-4-10-21)22-11-5-2-6-12-22/h1-19,29H,20H2,(H,31,33). The first-order valence-electron chi connectivity index (χ1n) is 11.4. The monoisotopic (exact) mass is 498 g/mol. The summed E-state index contributed by atoms with van der Waals surface area (Å²) >= 11 is 0. The van der Waals surface area contributed by atoms with Crippen molar-refractivity contribution in [2.45, 2.75) is 22.4 Å². The van der Waals surface area contributed by atoms with Gasteiger partial charge < -0.3 is 9.88 Å². The number of amides is 1. The second kappa shape index (κ2) is 9.79. The summed E-state index contributed by atoms with van der Waals surface area (Å²) in [6, 6.07) is 30.7. The third-order valence-corrected chi connectivity index (χ3v) is 7.85. The molecule has 0 aliphatic rings. The third kappa shape index (κ3) is 4.65. The van der Waals surface area contributed by atoms with Gasteiger partial charge in [-0.15, -0.1) is 0 Å². The lowest BCUT2D eigenvalue weighted by Crippen LogP contribution is -2.32. The van der Waals surface area contributed by atoms with Crippen LogP contribution in [0.25, 0.3) is 10.9 Å². The van der Waals surface area contributed by atoms with Gasteiger partial charge in [0.1, 0.15) is 12.4 Å². The van der Waals surface area contributed by atoms with E-state index in [0.29, 0.717) is 10.9 Å². The molecule has 0 unspecified atom stereocenters. The summed E-state index contributed by atoms with van der Waals surface area (Å²) in [5.74, 6) is -0.779. The highest BCUT2D eigenvalue weighted by atomic mass is 32.2. The van der Waals surface area contributed by atoms with Crippen molar-refractivity contribution in [1.29, 1.82) is 0 Å². The number of carbonyl (C=O) groups is 1. The Morgan fingerprint density at radius 2 is 1.33 bits per heavy atom. The number of hydrogen-bond acceptors (Lipinski definition) is 3. The summed E-state index contributed by atoms with van der Waals surface area (Å²) in [4.78, 5) is 13.3. The molecule has 5 aromatic rings. The minimum absolute atomic E-state index is 0.00975. The maximum atomic E-state index is 13.4. The first kappa shape index (κ1) is 23.5. The molecule has 5 nitrogen and oxygen atoms in total. The van der Waals surface area contributed by atoms with Gasteiger partial charge in [-0.25, -0.2) is 12.8 Å². The normalized spacial score (nSPS) is 11.6. The summed E-state index contributed by atoms with van der Waals surface area (Å²) in [7, 11) is -3.93. The van der Waals surface area contributed by atoms with Crippen molar-refractivity contribution >= 4 is 26.6 Å². The molecule has 0 atom stereocenters. The number of halogens is 1. The van der Waals surface area contributed by atoms with Crippen LogP contribution in [0.5, 0.6) is 0 Å². The number of carbonyl (C=O) groups excluding carboxylic acids is 1. The van der Waals surface area contributed by atoms with Crippen LogP contribution in [0.1, 0.15) is 17.2 Å². The van der Waals surface area contributed by atoms with Crippen molar-refractivity contribution in [2.24, 2.45) is 0 Å². The van der Waals surface area contributed by atoms with Crippen LogP contribution in [0.3, 0.4) is 0 Å². The summed E-state index contributed by atoms with van der Waals surface area (Å²) in [6.07, 6.45) is 1.48. The van der Waals surface area contributed by atoms with Crippen molar-refractivity contribution in [3.63, 3.8) is 0 Å². The van der Waals surface area contributed by atoms with E-state index in [9.17, 15) is 17.6 Å². The molecule has 0 radical (unpaired) electrons. The van der Waals surface area contributed by atoms with Crippen molar-refractivity contribution in [3.05, 3.63) is 132 Å². The van der Waals surface area contributed by atoms with E-state index in [-0.39, 0.29) is 28.3 Å². The Hall–Kier alpha value is -4.23. The zero-order chi connectivity index (χ0) is 25.1. The Labute approximate surface area is 208 Å². The van der Waals surface area contributed by atoms with Crippen LogP contribution in [0.15, 0.2) is 125 Å². The molecule has 0 fully saturated rings. The highest BCUT2D eigenvalue weighted by molar-refractivity contribution is 7.91. The van der Waals surface area contributed by atoms with Crippen LogP contribution < -0.4 is 5.32 Å². The zero-order valence-electron chi connectivity index (χ0n) is 19.2. The van der Waals surface area contributed by atoms with Crippen molar-refractivity contribution in [3.8, 4) is 0 Å². The van der Waals surface area contributed by atoms with Crippen LogP contribution >= 0.6 is 0 Å². The Morgan fingerprint density at radius 3 is 1.94 bits per heavy atom. The number of sulfone groups is 1. The number of nitrogens with one attached hydrogen (secondary N) is 1. The number of para-hydroxylation sites is 1. The predicted molar refractivity (Wildman–Crippen MR) is 137 cm³/mol. The van der Waals surface area contributed by atoms with E-state index in [2.05, 4.69) is 5.32 Å². The molecule has 36 heavy (non-hydrogen) atoms. The quantitative estimate of drug-likeness (QED) is 0.301. The second-order valence-corrected chi connectivity index (χ2v) is 10.3. The number of fused-ring (bicyclic) bond motifs is 1. The van der Waals surface area contributed by atoms with E-state index in [4.69, 9.17) is 0 Å². The Balaban J connectivity index is 1.48. The number of nitrogens with zero attached hydrogens (tertiary/aromatic N) is 1. The molecule has 1 aromatic heterocycles. The summed E-state index contributed by atoms with van der Waals surface area (Å²) in [5, 5.41) is 3.60. The van der Waals surface area contributed by atoms with Gasteiger partial charge in [-0.3, -0.25) is 4.79 Å². The van der Waals surface area contributed by atoms with Gasteiger partial charge in [0, 0.05) is 17.1 Å². The van der Waals surface area contributed by atoms with E-state index < -0.39 is 15.7 Å². The van der Waals surface area contributed by atoms with Gasteiger partial charge in [-0.05, 0) is 41.5 Å². The van der Waals surface area contributed by atoms with Gasteiger partial charge in [0.05, 0.1) is 15.8 Å². The smallest absolute Gasteiger partial charge is 0.240 e. The fourth-order valence-electron chi connectivity index (χ4n) is 4.31. The Kier molecular flexibility index (Phi) is 6.40.